The zero-order chi connectivity index (χ0) is 12.3. The highest BCUT2D eigenvalue weighted by Crippen LogP contribution is 2.24. The van der Waals surface area contributed by atoms with Gasteiger partial charge in [0.05, 0.1) is 10.0 Å². The minimum Gasteiger partial charge on any atom is -0.508 e. The van der Waals surface area contributed by atoms with Gasteiger partial charge in [-0.25, -0.2) is 4.98 Å². The van der Waals surface area contributed by atoms with E-state index in [4.69, 9.17) is 23.2 Å². The zero-order valence-corrected chi connectivity index (χ0v) is 10.3. The van der Waals surface area contributed by atoms with Crippen molar-refractivity contribution in [1.82, 2.24) is 4.98 Å². The van der Waals surface area contributed by atoms with Crippen molar-refractivity contribution >= 4 is 29.0 Å². The number of aromatic nitrogens is 1. The van der Waals surface area contributed by atoms with Crippen LogP contribution in [0.1, 0.15) is 5.56 Å². The first-order chi connectivity index (χ1) is 8.16. The maximum atomic E-state index is 9.59. The van der Waals surface area contributed by atoms with Gasteiger partial charge in [-0.3, -0.25) is 0 Å². The molecule has 0 fully saturated rings. The largest absolute Gasteiger partial charge is 0.508 e. The van der Waals surface area contributed by atoms with Crippen LogP contribution in [0.4, 0.5) is 5.82 Å². The molecule has 1 aromatic carbocycles. The summed E-state index contributed by atoms with van der Waals surface area (Å²) in [7, 11) is 0. The molecule has 0 aliphatic heterocycles. The van der Waals surface area contributed by atoms with E-state index in [1.165, 1.54) is 6.20 Å². The molecule has 0 bridgehead atoms. The number of anilines is 1. The summed E-state index contributed by atoms with van der Waals surface area (Å²) in [5.74, 6) is 0.782. The van der Waals surface area contributed by atoms with Crippen molar-refractivity contribution in [3.05, 3.63) is 52.1 Å². The number of hydrogen-bond donors (Lipinski definition) is 2. The average Bonchev–Trinajstić information content (AvgIpc) is 2.30. The lowest BCUT2D eigenvalue weighted by molar-refractivity contribution is 0.469. The van der Waals surface area contributed by atoms with E-state index in [0.29, 0.717) is 22.4 Å². The number of halogens is 2. The van der Waals surface area contributed by atoms with Crippen LogP contribution < -0.4 is 5.32 Å². The molecule has 1 aromatic heterocycles. The van der Waals surface area contributed by atoms with E-state index >= 15 is 0 Å². The molecule has 0 radical (unpaired) electrons. The smallest absolute Gasteiger partial charge is 0.145 e. The lowest BCUT2D eigenvalue weighted by atomic mass is 10.2. The van der Waals surface area contributed by atoms with E-state index in [0.717, 1.165) is 5.56 Å². The Labute approximate surface area is 109 Å². The highest BCUT2D eigenvalue weighted by atomic mass is 35.5. The van der Waals surface area contributed by atoms with Gasteiger partial charge in [-0.1, -0.05) is 41.4 Å². The van der Waals surface area contributed by atoms with Crippen molar-refractivity contribution in [1.29, 1.82) is 0 Å². The summed E-state index contributed by atoms with van der Waals surface area (Å²) in [6, 6.07) is 8.70. The molecule has 0 spiro atoms. The predicted molar refractivity (Wildman–Crippen MR) is 69.7 cm³/mol. The van der Waals surface area contributed by atoms with Crippen LogP contribution in [0.2, 0.25) is 10.0 Å². The normalized spacial score (nSPS) is 10.2. The molecule has 1 heterocycles. The van der Waals surface area contributed by atoms with Crippen molar-refractivity contribution in [2.75, 3.05) is 5.32 Å². The minimum atomic E-state index is 0.241. The third-order valence-electron chi connectivity index (χ3n) is 2.25. The molecule has 0 amide bonds. The number of nitrogens with zero attached hydrogens (tertiary/aromatic N) is 1. The van der Waals surface area contributed by atoms with Gasteiger partial charge in [0.1, 0.15) is 11.6 Å². The molecular formula is C12H10Cl2N2O. The molecule has 2 aromatic rings. The highest BCUT2D eigenvalue weighted by molar-refractivity contribution is 6.35. The van der Waals surface area contributed by atoms with Gasteiger partial charge in [0, 0.05) is 18.3 Å². The first-order valence-electron chi connectivity index (χ1n) is 4.98. The summed E-state index contributed by atoms with van der Waals surface area (Å²) in [5, 5.41) is 13.6. The van der Waals surface area contributed by atoms with Gasteiger partial charge < -0.3 is 10.4 Å². The number of benzene rings is 1. The number of phenolic OH excluding ortho intramolecular Hbond substituents is 1. The Morgan fingerprint density at radius 2 is 2.00 bits per heavy atom. The molecule has 0 atom stereocenters. The van der Waals surface area contributed by atoms with Crippen molar-refractivity contribution in [3.8, 4) is 5.75 Å². The third kappa shape index (κ3) is 3.02. The number of pyridine rings is 1. The maximum absolute atomic E-state index is 9.59. The van der Waals surface area contributed by atoms with Crippen LogP contribution in [0.15, 0.2) is 36.5 Å². The minimum absolute atomic E-state index is 0.241. The van der Waals surface area contributed by atoms with Crippen molar-refractivity contribution < 1.29 is 5.11 Å². The fourth-order valence-electron chi connectivity index (χ4n) is 1.38. The first kappa shape index (κ1) is 12.0. The molecule has 3 nitrogen and oxygen atoms in total. The van der Waals surface area contributed by atoms with Crippen molar-refractivity contribution in [2.24, 2.45) is 0 Å². The summed E-state index contributed by atoms with van der Waals surface area (Å²) in [4.78, 5) is 4.07. The molecule has 88 valence electrons. The Morgan fingerprint density at radius 3 is 2.71 bits per heavy atom. The SMILES string of the molecule is Oc1ccccc1CNc1ncc(Cl)cc1Cl. The van der Waals surface area contributed by atoms with Crippen molar-refractivity contribution in [2.45, 2.75) is 6.54 Å². The molecule has 0 unspecified atom stereocenters. The van der Waals surface area contributed by atoms with Crippen LogP contribution in [0.3, 0.4) is 0 Å². The standard InChI is InChI=1S/C12H10Cl2N2O/c13-9-5-10(14)12(16-7-9)15-6-8-3-1-2-4-11(8)17/h1-5,7,17H,6H2,(H,15,16). The number of aromatic hydroxyl groups is 1. The van der Waals surface area contributed by atoms with Crippen LogP contribution in [0, 0.1) is 0 Å². The molecule has 0 saturated carbocycles. The summed E-state index contributed by atoms with van der Waals surface area (Å²) in [6.45, 7) is 0.445. The Balaban J connectivity index is 2.10. The lowest BCUT2D eigenvalue weighted by Gasteiger charge is -2.08. The summed E-state index contributed by atoms with van der Waals surface area (Å²) in [5.41, 5.74) is 0.778. The molecule has 17 heavy (non-hydrogen) atoms. The molecule has 2 rings (SSSR count). The third-order valence-corrected chi connectivity index (χ3v) is 2.74. The zero-order valence-electron chi connectivity index (χ0n) is 8.82. The monoisotopic (exact) mass is 268 g/mol. The second kappa shape index (κ2) is 5.25. The van der Waals surface area contributed by atoms with Gasteiger partial charge >= 0.3 is 0 Å². The van der Waals surface area contributed by atoms with Crippen molar-refractivity contribution in [3.63, 3.8) is 0 Å². The first-order valence-corrected chi connectivity index (χ1v) is 5.74. The Morgan fingerprint density at radius 1 is 1.24 bits per heavy atom. The van der Waals surface area contributed by atoms with E-state index in [-0.39, 0.29) is 5.75 Å². The fourth-order valence-corrected chi connectivity index (χ4v) is 1.83. The van der Waals surface area contributed by atoms with E-state index in [1.807, 2.05) is 12.1 Å². The number of para-hydroxylation sites is 1. The topological polar surface area (TPSA) is 45.1 Å². The van der Waals surface area contributed by atoms with Crippen LogP contribution in [-0.2, 0) is 6.54 Å². The lowest BCUT2D eigenvalue weighted by Crippen LogP contribution is -2.02. The average molecular weight is 269 g/mol. The summed E-state index contributed by atoms with van der Waals surface area (Å²) >= 11 is 11.7. The van der Waals surface area contributed by atoms with E-state index in [9.17, 15) is 5.11 Å². The van der Waals surface area contributed by atoms with Gasteiger partial charge in [0.15, 0.2) is 0 Å². The van der Waals surface area contributed by atoms with Gasteiger partial charge in [-0.05, 0) is 12.1 Å². The second-order valence-electron chi connectivity index (χ2n) is 3.47. The molecule has 5 heteroatoms. The van der Waals surface area contributed by atoms with E-state index < -0.39 is 0 Å². The highest BCUT2D eigenvalue weighted by Gasteiger charge is 2.04. The Hall–Kier alpha value is -1.45. The quantitative estimate of drug-likeness (QED) is 0.892. The summed E-state index contributed by atoms with van der Waals surface area (Å²) in [6.07, 6.45) is 1.51. The second-order valence-corrected chi connectivity index (χ2v) is 4.31. The van der Waals surface area contributed by atoms with Crippen LogP contribution in [0.5, 0.6) is 5.75 Å². The Kier molecular flexibility index (Phi) is 3.71. The number of rotatable bonds is 3. The molecule has 0 saturated heterocycles. The van der Waals surface area contributed by atoms with Gasteiger partial charge in [-0.2, -0.15) is 0 Å². The van der Waals surface area contributed by atoms with Crippen LogP contribution in [-0.4, -0.2) is 10.1 Å². The number of phenols is 1. The van der Waals surface area contributed by atoms with Crippen LogP contribution >= 0.6 is 23.2 Å². The maximum Gasteiger partial charge on any atom is 0.145 e. The van der Waals surface area contributed by atoms with Gasteiger partial charge in [0.2, 0.25) is 0 Å². The van der Waals surface area contributed by atoms with Crippen LogP contribution in [0.25, 0.3) is 0 Å². The van der Waals surface area contributed by atoms with Gasteiger partial charge in [-0.15, -0.1) is 0 Å². The fraction of sp³-hybridized carbons (Fsp3) is 0.0833. The predicted octanol–water partition coefficient (Wildman–Crippen LogP) is 3.71. The van der Waals surface area contributed by atoms with E-state index in [2.05, 4.69) is 10.3 Å². The molecule has 0 aliphatic rings. The van der Waals surface area contributed by atoms with Gasteiger partial charge in [0.25, 0.3) is 0 Å². The number of hydrogen-bond acceptors (Lipinski definition) is 3. The summed E-state index contributed by atoms with van der Waals surface area (Å²) < 4.78 is 0. The van der Waals surface area contributed by atoms with E-state index in [1.54, 1.807) is 18.2 Å². The molecular weight excluding hydrogens is 259 g/mol. The molecule has 2 N–H and O–H groups in total. The Bertz CT molecular complexity index is 532. The molecule has 0 aliphatic carbocycles. The number of nitrogens with one attached hydrogen (secondary N) is 1.